The molecule has 12 aromatic rings. The number of hydrogen-bond donors (Lipinski definition) is 0. The highest BCUT2D eigenvalue weighted by molar-refractivity contribution is 6.32. The molecule has 0 saturated heterocycles. The van der Waals surface area contributed by atoms with Crippen LogP contribution in [0.1, 0.15) is 0 Å². The van der Waals surface area contributed by atoms with E-state index in [4.69, 9.17) is 28.2 Å². The molecule has 0 N–H and O–H groups in total. The predicted octanol–water partition coefficient (Wildman–Crippen LogP) is 12.9. The third kappa shape index (κ3) is 4.00. The summed E-state index contributed by atoms with van der Waals surface area (Å²) in [5.41, 5.74) is 7.51. The van der Waals surface area contributed by atoms with E-state index in [0.717, 1.165) is 104 Å². The highest BCUT2D eigenvalue weighted by atomic mass is 16.3. The van der Waals surface area contributed by atoms with Crippen molar-refractivity contribution in [1.82, 2.24) is 15.0 Å². The van der Waals surface area contributed by atoms with Crippen LogP contribution in [-0.2, 0) is 0 Å². The van der Waals surface area contributed by atoms with Crippen LogP contribution < -0.4 is 0 Å². The van der Waals surface area contributed by atoms with Gasteiger partial charge in [-0.25, -0.2) is 15.0 Å². The van der Waals surface area contributed by atoms with Crippen LogP contribution in [0.3, 0.4) is 0 Å². The van der Waals surface area contributed by atoms with Gasteiger partial charge in [-0.3, -0.25) is 0 Å². The standard InChI is InChI=1S/C47H25N3O3/c1-2-13-27-26(12-1)40-31(44-43(27)30-16-5-8-23-37(30)53-44)17-9-18-32(40)45-48-46(33-19-10-24-38-41(33)28-14-3-6-21-35(28)51-38)50-47(49-45)34-20-11-25-39-42(34)29-15-4-7-22-36(29)52-39/h1-25H. The van der Waals surface area contributed by atoms with Crippen molar-refractivity contribution in [2.24, 2.45) is 0 Å². The Labute approximate surface area is 300 Å². The summed E-state index contributed by atoms with van der Waals surface area (Å²) in [6.07, 6.45) is 0. The van der Waals surface area contributed by atoms with E-state index < -0.39 is 0 Å². The summed E-state index contributed by atoms with van der Waals surface area (Å²) in [5.74, 6) is 1.67. The molecular formula is C47H25N3O3. The lowest BCUT2D eigenvalue weighted by Crippen LogP contribution is -2.01. The van der Waals surface area contributed by atoms with Gasteiger partial charge >= 0.3 is 0 Å². The second-order valence-corrected chi connectivity index (χ2v) is 13.4. The Hall–Kier alpha value is -7.31. The summed E-state index contributed by atoms with van der Waals surface area (Å²) in [5, 5.41) is 10.4. The van der Waals surface area contributed by atoms with Crippen molar-refractivity contribution in [3.05, 3.63) is 152 Å². The van der Waals surface area contributed by atoms with E-state index in [1.54, 1.807) is 0 Å². The molecule has 0 radical (unpaired) electrons. The summed E-state index contributed by atoms with van der Waals surface area (Å²) >= 11 is 0. The molecule has 0 aliphatic carbocycles. The van der Waals surface area contributed by atoms with Gasteiger partial charge in [-0.15, -0.1) is 0 Å². The Morgan fingerprint density at radius 1 is 0.264 bits per heavy atom. The van der Waals surface area contributed by atoms with Gasteiger partial charge in [0.15, 0.2) is 17.5 Å². The maximum Gasteiger partial charge on any atom is 0.164 e. The molecule has 6 nitrogen and oxygen atoms in total. The molecule has 0 spiro atoms. The second kappa shape index (κ2) is 10.6. The highest BCUT2D eigenvalue weighted by Gasteiger charge is 2.23. The predicted molar refractivity (Wildman–Crippen MR) is 213 cm³/mol. The van der Waals surface area contributed by atoms with Gasteiger partial charge < -0.3 is 13.3 Å². The van der Waals surface area contributed by atoms with Gasteiger partial charge in [0.2, 0.25) is 0 Å². The molecule has 8 aromatic carbocycles. The first kappa shape index (κ1) is 28.4. The lowest BCUT2D eigenvalue weighted by Gasteiger charge is -2.13. The summed E-state index contributed by atoms with van der Waals surface area (Å²) < 4.78 is 19.3. The smallest absolute Gasteiger partial charge is 0.164 e. The Kier molecular flexibility index (Phi) is 5.68. The van der Waals surface area contributed by atoms with E-state index in [0.29, 0.717) is 17.5 Å². The fourth-order valence-corrected chi connectivity index (χ4v) is 8.30. The Morgan fingerprint density at radius 3 is 1.15 bits per heavy atom. The molecule has 0 bridgehead atoms. The van der Waals surface area contributed by atoms with Gasteiger partial charge in [0, 0.05) is 59.8 Å². The summed E-state index contributed by atoms with van der Waals surface area (Å²) in [4.78, 5) is 15.9. The molecule has 0 saturated carbocycles. The van der Waals surface area contributed by atoms with Gasteiger partial charge in [-0.05, 0) is 41.1 Å². The van der Waals surface area contributed by atoms with E-state index in [-0.39, 0.29) is 0 Å². The van der Waals surface area contributed by atoms with Crippen LogP contribution in [0.5, 0.6) is 0 Å². The molecule has 0 aliphatic heterocycles. The van der Waals surface area contributed by atoms with E-state index in [9.17, 15) is 0 Å². The highest BCUT2D eigenvalue weighted by Crippen LogP contribution is 2.45. The molecule has 53 heavy (non-hydrogen) atoms. The first-order chi connectivity index (χ1) is 26.3. The van der Waals surface area contributed by atoms with Crippen LogP contribution in [0.2, 0.25) is 0 Å². The largest absolute Gasteiger partial charge is 0.456 e. The van der Waals surface area contributed by atoms with E-state index in [1.165, 1.54) is 0 Å². The lowest BCUT2D eigenvalue weighted by molar-refractivity contribution is 0.668. The quantitative estimate of drug-likeness (QED) is 0.173. The minimum absolute atomic E-state index is 0.554. The van der Waals surface area contributed by atoms with Gasteiger partial charge in [0.1, 0.15) is 33.5 Å². The average Bonchev–Trinajstić information content (AvgIpc) is 3.92. The Bertz CT molecular complexity index is 3350. The van der Waals surface area contributed by atoms with Crippen molar-refractivity contribution >= 4 is 87.4 Å². The summed E-state index contributed by atoms with van der Waals surface area (Å²) in [7, 11) is 0. The monoisotopic (exact) mass is 679 g/mol. The van der Waals surface area contributed by atoms with E-state index in [2.05, 4.69) is 78.9 Å². The van der Waals surface area contributed by atoms with E-state index >= 15 is 0 Å². The van der Waals surface area contributed by atoms with Crippen molar-refractivity contribution in [3.8, 4) is 34.2 Å². The van der Waals surface area contributed by atoms with Crippen molar-refractivity contribution in [2.75, 3.05) is 0 Å². The molecule has 6 heteroatoms. The molecule has 0 atom stereocenters. The van der Waals surface area contributed by atoms with Crippen LogP contribution in [0.15, 0.2) is 165 Å². The summed E-state index contributed by atoms with van der Waals surface area (Å²) in [6.45, 7) is 0. The first-order valence-electron chi connectivity index (χ1n) is 17.6. The van der Waals surface area contributed by atoms with Crippen molar-refractivity contribution < 1.29 is 13.3 Å². The molecular weight excluding hydrogens is 655 g/mol. The minimum atomic E-state index is 0.554. The number of fused-ring (bicyclic) bond motifs is 14. The summed E-state index contributed by atoms with van der Waals surface area (Å²) in [6, 6.07) is 51.4. The lowest BCUT2D eigenvalue weighted by atomic mass is 9.93. The Balaban J connectivity index is 1.22. The average molecular weight is 680 g/mol. The van der Waals surface area contributed by atoms with Crippen LogP contribution >= 0.6 is 0 Å². The molecule has 12 rings (SSSR count). The first-order valence-corrected chi connectivity index (χ1v) is 17.6. The maximum atomic E-state index is 6.64. The van der Waals surface area contributed by atoms with Gasteiger partial charge in [0.05, 0.1) is 0 Å². The van der Waals surface area contributed by atoms with Gasteiger partial charge in [-0.1, -0.05) is 121 Å². The Morgan fingerprint density at radius 2 is 0.623 bits per heavy atom. The number of nitrogens with zero attached hydrogens (tertiary/aromatic N) is 3. The number of furan rings is 3. The van der Waals surface area contributed by atoms with Gasteiger partial charge in [0.25, 0.3) is 0 Å². The number of rotatable bonds is 3. The third-order valence-corrected chi connectivity index (χ3v) is 10.5. The fraction of sp³-hybridized carbons (Fsp3) is 0. The van der Waals surface area contributed by atoms with Crippen molar-refractivity contribution in [1.29, 1.82) is 0 Å². The van der Waals surface area contributed by atoms with Crippen LogP contribution in [-0.4, -0.2) is 15.0 Å². The van der Waals surface area contributed by atoms with Crippen LogP contribution in [0, 0.1) is 0 Å². The number of para-hydroxylation sites is 3. The SMILES string of the molecule is c1ccc2c(c1)oc1cccc(-c3nc(-c4cccc5oc6ccccc6c45)nc(-c4cccc5c6oc7ccccc7c6c6ccccc6c45)n3)c12. The normalized spacial score (nSPS) is 12.2. The van der Waals surface area contributed by atoms with Crippen LogP contribution in [0.4, 0.5) is 0 Å². The zero-order chi connectivity index (χ0) is 34.6. The van der Waals surface area contributed by atoms with Crippen molar-refractivity contribution in [3.63, 3.8) is 0 Å². The zero-order valence-electron chi connectivity index (χ0n) is 28.0. The maximum absolute atomic E-state index is 6.64. The zero-order valence-corrected chi connectivity index (χ0v) is 28.0. The molecule has 0 unspecified atom stereocenters. The minimum Gasteiger partial charge on any atom is -0.456 e. The molecule has 4 heterocycles. The second-order valence-electron chi connectivity index (χ2n) is 13.4. The van der Waals surface area contributed by atoms with E-state index in [1.807, 2.05) is 72.8 Å². The third-order valence-electron chi connectivity index (χ3n) is 10.5. The molecule has 0 fully saturated rings. The topological polar surface area (TPSA) is 78.1 Å². The fourth-order valence-electron chi connectivity index (χ4n) is 8.30. The number of hydrogen-bond acceptors (Lipinski definition) is 6. The van der Waals surface area contributed by atoms with Gasteiger partial charge in [-0.2, -0.15) is 0 Å². The molecule has 0 amide bonds. The molecule has 0 aliphatic rings. The van der Waals surface area contributed by atoms with Crippen LogP contribution in [0.25, 0.3) is 122 Å². The van der Waals surface area contributed by atoms with Crippen molar-refractivity contribution in [2.45, 2.75) is 0 Å². The number of benzene rings is 8. The molecule has 246 valence electrons. The number of aromatic nitrogens is 3. The molecule has 4 aromatic heterocycles.